The average Bonchev–Trinajstić information content (AvgIpc) is 3.21. The molecule has 0 spiro atoms. The van der Waals surface area contributed by atoms with Gasteiger partial charge in [-0.1, -0.05) is 11.6 Å². The van der Waals surface area contributed by atoms with Gasteiger partial charge in [-0.15, -0.1) is 0 Å². The van der Waals surface area contributed by atoms with E-state index in [1.54, 1.807) is 13.2 Å². The molecule has 0 aromatic heterocycles. The first-order valence-corrected chi connectivity index (χ1v) is 7.56. The fourth-order valence-electron chi connectivity index (χ4n) is 2.56. The number of halogens is 1. The predicted octanol–water partition coefficient (Wildman–Crippen LogP) is 4.10. The van der Waals surface area contributed by atoms with Crippen LogP contribution in [-0.2, 0) is 4.79 Å². The molecule has 0 aliphatic heterocycles. The van der Waals surface area contributed by atoms with E-state index >= 15 is 0 Å². The van der Waals surface area contributed by atoms with Crippen molar-refractivity contribution in [2.75, 3.05) is 7.11 Å². The van der Waals surface area contributed by atoms with Gasteiger partial charge in [0.1, 0.15) is 0 Å². The summed E-state index contributed by atoms with van der Waals surface area (Å²) in [4.78, 5) is 11.1. The van der Waals surface area contributed by atoms with Crippen LogP contribution in [0.4, 0.5) is 0 Å². The van der Waals surface area contributed by atoms with Crippen molar-refractivity contribution in [3.8, 4) is 11.5 Å². The van der Waals surface area contributed by atoms with Gasteiger partial charge in [-0.05, 0) is 50.2 Å². The third-order valence-corrected chi connectivity index (χ3v) is 3.96. The van der Waals surface area contributed by atoms with Gasteiger partial charge < -0.3 is 14.6 Å². The van der Waals surface area contributed by atoms with Gasteiger partial charge in [0.25, 0.3) is 0 Å². The lowest BCUT2D eigenvalue weighted by Crippen LogP contribution is -2.11. The van der Waals surface area contributed by atoms with Crippen LogP contribution in [0.5, 0.6) is 11.5 Å². The van der Waals surface area contributed by atoms with E-state index in [0.29, 0.717) is 22.4 Å². The molecular weight excluding hydrogens is 292 g/mol. The number of benzene rings is 1. The van der Waals surface area contributed by atoms with Gasteiger partial charge in [0, 0.05) is 11.1 Å². The highest BCUT2D eigenvalue weighted by Gasteiger charge is 2.35. The Morgan fingerprint density at radius 2 is 2.05 bits per heavy atom. The highest BCUT2D eigenvalue weighted by molar-refractivity contribution is 6.31. The molecule has 1 aromatic carbocycles. The Morgan fingerprint density at radius 3 is 2.52 bits per heavy atom. The molecule has 2 rings (SSSR count). The van der Waals surface area contributed by atoms with Crippen LogP contribution in [0.1, 0.15) is 44.6 Å². The van der Waals surface area contributed by atoms with Gasteiger partial charge in [-0.2, -0.15) is 0 Å². The van der Waals surface area contributed by atoms with E-state index in [0.717, 1.165) is 18.4 Å². The zero-order valence-corrected chi connectivity index (χ0v) is 13.3. The summed E-state index contributed by atoms with van der Waals surface area (Å²) in [6, 6.07) is 3.55. The van der Waals surface area contributed by atoms with Crippen molar-refractivity contribution in [1.29, 1.82) is 0 Å². The van der Waals surface area contributed by atoms with Crippen LogP contribution >= 0.6 is 11.6 Å². The van der Waals surface area contributed by atoms with Crippen LogP contribution in [-0.4, -0.2) is 24.3 Å². The van der Waals surface area contributed by atoms with Gasteiger partial charge in [0.2, 0.25) is 0 Å². The van der Waals surface area contributed by atoms with Gasteiger partial charge in [-0.25, -0.2) is 0 Å². The number of carbonyl (C=O) groups is 1. The predicted molar refractivity (Wildman–Crippen MR) is 81.5 cm³/mol. The molecule has 1 unspecified atom stereocenters. The Kier molecular flexibility index (Phi) is 4.99. The fraction of sp³-hybridized carbons (Fsp3) is 0.562. The summed E-state index contributed by atoms with van der Waals surface area (Å²) < 4.78 is 11.0. The van der Waals surface area contributed by atoms with Gasteiger partial charge >= 0.3 is 5.97 Å². The number of hydrogen-bond donors (Lipinski definition) is 1. The van der Waals surface area contributed by atoms with Crippen LogP contribution in [0.2, 0.25) is 5.02 Å². The first-order chi connectivity index (χ1) is 9.92. The smallest absolute Gasteiger partial charge is 0.303 e. The zero-order chi connectivity index (χ0) is 15.6. The molecule has 1 atom stereocenters. The summed E-state index contributed by atoms with van der Waals surface area (Å²) in [7, 11) is 1.56. The van der Waals surface area contributed by atoms with E-state index in [1.165, 1.54) is 0 Å². The van der Waals surface area contributed by atoms with Crippen molar-refractivity contribution in [3.05, 3.63) is 22.7 Å². The molecule has 0 bridgehead atoms. The molecule has 1 fully saturated rings. The molecular formula is C16H21ClO4. The molecule has 0 amide bonds. The third kappa shape index (κ3) is 4.03. The first-order valence-electron chi connectivity index (χ1n) is 7.18. The summed E-state index contributed by atoms with van der Waals surface area (Å²) in [5, 5.41) is 9.67. The molecule has 1 saturated carbocycles. The molecule has 1 N–H and O–H groups in total. The molecule has 116 valence electrons. The van der Waals surface area contributed by atoms with Crippen LogP contribution in [0.3, 0.4) is 0 Å². The molecule has 4 nitrogen and oxygen atoms in total. The van der Waals surface area contributed by atoms with E-state index in [-0.39, 0.29) is 18.4 Å². The highest BCUT2D eigenvalue weighted by atomic mass is 35.5. The number of ether oxygens (including phenoxy) is 2. The molecule has 1 aromatic rings. The maximum absolute atomic E-state index is 11.1. The Morgan fingerprint density at radius 1 is 1.38 bits per heavy atom. The Labute approximate surface area is 130 Å². The Balaban J connectivity index is 2.38. The normalized spacial score (nSPS) is 15.9. The molecule has 0 saturated heterocycles. The van der Waals surface area contributed by atoms with Gasteiger partial charge in [-0.3, -0.25) is 4.79 Å². The first kappa shape index (κ1) is 16.0. The van der Waals surface area contributed by atoms with E-state index < -0.39 is 5.97 Å². The second kappa shape index (κ2) is 6.56. The number of carboxylic acids is 1. The van der Waals surface area contributed by atoms with E-state index in [9.17, 15) is 4.79 Å². The second-order valence-corrected chi connectivity index (χ2v) is 6.14. The number of rotatable bonds is 7. The second-order valence-electron chi connectivity index (χ2n) is 5.73. The van der Waals surface area contributed by atoms with Gasteiger partial charge in [0.05, 0.1) is 19.6 Å². The van der Waals surface area contributed by atoms with Crippen molar-refractivity contribution in [2.45, 2.75) is 45.1 Å². The van der Waals surface area contributed by atoms with E-state index in [4.69, 9.17) is 26.2 Å². The summed E-state index contributed by atoms with van der Waals surface area (Å²) in [5.74, 6) is 0.727. The lowest BCUT2D eigenvalue weighted by atomic mass is 9.90. The largest absolute Gasteiger partial charge is 0.493 e. The number of hydrogen-bond acceptors (Lipinski definition) is 3. The van der Waals surface area contributed by atoms with Crippen molar-refractivity contribution in [3.63, 3.8) is 0 Å². The zero-order valence-electron chi connectivity index (χ0n) is 12.6. The Hall–Kier alpha value is -1.42. The summed E-state index contributed by atoms with van der Waals surface area (Å²) in [5.41, 5.74) is 0.845. The van der Waals surface area contributed by atoms with E-state index in [2.05, 4.69) is 0 Å². The highest BCUT2D eigenvalue weighted by Crippen LogP contribution is 2.48. The minimum Gasteiger partial charge on any atom is -0.493 e. The van der Waals surface area contributed by atoms with Gasteiger partial charge in [0.15, 0.2) is 11.5 Å². The number of methoxy groups -OCH3 is 1. The maximum Gasteiger partial charge on any atom is 0.303 e. The number of carboxylic acid groups (broad SMARTS) is 1. The van der Waals surface area contributed by atoms with Crippen molar-refractivity contribution in [1.82, 2.24) is 0 Å². The molecule has 5 heteroatoms. The monoisotopic (exact) mass is 312 g/mol. The summed E-state index contributed by atoms with van der Waals surface area (Å²) in [6.07, 6.45) is 2.21. The average molecular weight is 313 g/mol. The maximum atomic E-state index is 11.1. The number of aliphatic carboxylic acids is 1. The van der Waals surface area contributed by atoms with Crippen molar-refractivity contribution >= 4 is 17.6 Å². The summed E-state index contributed by atoms with van der Waals surface area (Å²) in [6.45, 7) is 3.87. The molecule has 1 aliphatic rings. The van der Waals surface area contributed by atoms with E-state index in [1.807, 2.05) is 19.9 Å². The van der Waals surface area contributed by atoms with Crippen LogP contribution in [0.15, 0.2) is 12.1 Å². The summed E-state index contributed by atoms with van der Waals surface area (Å²) >= 11 is 6.34. The standard InChI is InChI=1S/C16H21ClO4/c1-9(2)21-15-6-12(13(17)8-14(15)20-3)11(7-16(18)19)10-4-5-10/h6,8-11H,4-5,7H2,1-3H3,(H,18,19). The molecule has 0 radical (unpaired) electrons. The van der Waals surface area contributed by atoms with Crippen LogP contribution in [0.25, 0.3) is 0 Å². The Bertz CT molecular complexity index is 523. The van der Waals surface area contributed by atoms with Crippen LogP contribution in [0, 0.1) is 5.92 Å². The molecule has 0 heterocycles. The lowest BCUT2D eigenvalue weighted by molar-refractivity contribution is -0.137. The minimum absolute atomic E-state index is 0.00627. The minimum atomic E-state index is -0.801. The lowest BCUT2D eigenvalue weighted by Gasteiger charge is -2.20. The molecule has 21 heavy (non-hydrogen) atoms. The third-order valence-electron chi connectivity index (χ3n) is 3.63. The fourth-order valence-corrected chi connectivity index (χ4v) is 2.85. The van der Waals surface area contributed by atoms with Crippen molar-refractivity contribution < 1.29 is 19.4 Å². The molecule has 1 aliphatic carbocycles. The topological polar surface area (TPSA) is 55.8 Å². The van der Waals surface area contributed by atoms with Crippen molar-refractivity contribution in [2.24, 2.45) is 5.92 Å². The SMILES string of the molecule is COc1cc(Cl)c(C(CC(=O)O)C2CC2)cc1OC(C)C. The van der Waals surface area contributed by atoms with Crippen LogP contribution < -0.4 is 9.47 Å². The quantitative estimate of drug-likeness (QED) is 0.823.